The number of aromatic nitrogens is 3. The second-order valence-corrected chi connectivity index (χ2v) is 7.90. The van der Waals surface area contributed by atoms with E-state index >= 15 is 0 Å². The van der Waals surface area contributed by atoms with Gasteiger partial charge < -0.3 is 4.42 Å². The van der Waals surface area contributed by atoms with Crippen LogP contribution in [0.4, 0.5) is 5.69 Å². The van der Waals surface area contributed by atoms with Crippen molar-refractivity contribution in [2.24, 2.45) is 7.05 Å². The number of sulfonamides is 1. The SMILES string of the molecule is Cc1c(NS(=O)(=O)c2ccc3[nH]c(=O)oc3c2)c(=O)n(-c2ccccc2)n1C. The van der Waals surface area contributed by atoms with Crippen molar-refractivity contribution in [3.05, 3.63) is 75.1 Å². The first kappa shape index (κ1) is 17.9. The van der Waals surface area contributed by atoms with Gasteiger partial charge in [0.1, 0.15) is 5.69 Å². The third kappa shape index (κ3) is 2.83. The highest BCUT2D eigenvalue weighted by molar-refractivity contribution is 7.92. The number of hydrogen-bond acceptors (Lipinski definition) is 5. The largest absolute Gasteiger partial charge is 0.417 e. The molecule has 2 aromatic heterocycles. The van der Waals surface area contributed by atoms with E-state index in [4.69, 9.17) is 4.42 Å². The van der Waals surface area contributed by atoms with Gasteiger partial charge in [0.15, 0.2) is 5.58 Å². The molecule has 4 aromatic rings. The molecule has 0 aliphatic rings. The average molecular weight is 400 g/mol. The number of H-pyrrole nitrogens is 1. The van der Waals surface area contributed by atoms with Crippen LogP contribution in [0.25, 0.3) is 16.8 Å². The quantitative estimate of drug-likeness (QED) is 0.541. The van der Waals surface area contributed by atoms with Gasteiger partial charge in [-0.3, -0.25) is 19.2 Å². The van der Waals surface area contributed by atoms with E-state index < -0.39 is 21.3 Å². The third-order valence-corrected chi connectivity index (χ3v) is 5.84. The van der Waals surface area contributed by atoms with Crippen molar-refractivity contribution >= 4 is 26.8 Å². The lowest BCUT2D eigenvalue weighted by Gasteiger charge is -2.07. The summed E-state index contributed by atoms with van der Waals surface area (Å²) in [7, 11) is -2.41. The number of anilines is 1. The lowest BCUT2D eigenvalue weighted by Crippen LogP contribution is -2.23. The van der Waals surface area contributed by atoms with Crippen LogP contribution in [0.5, 0.6) is 0 Å². The minimum absolute atomic E-state index is 0.0537. The molecular weight excluding hydrogens is 384 g/mol. The molecule has 0 aliphatic carbocycles. The molecule has 0 aliphatic heterocycles. The Kier molecular flexibility index (Phi) is 4.00. The smallest absolute Gasteiger partial charge is 0.408 e. The van der Waals surface area contributed by atoms with Gasteiger partial charge >= 0.3 is 5.76 Å². The van der Waals surface area contributed by atoms with Crippen molar-refractivity contribution in [1.29, 1.82) is 0 Å². The molecule has 10 heteroatoms. The molecule has 0 unspecified atom stereocenters. The van der Waals surface area contributed by atoms with E-state index in [1.165, 1.54) is 22.9 Å². The lowest BCUT2D eigenvalue weighted by atomic mass is 10.3. The van der Waals surface area contributed by atoms with Crippen LogP contribution in [-0.4, -0.2) is 22.8 Å². The maximum Gasteiger partial charge on any atom is 0.417 e. The number of oxazole rings is 1. The Morgan fingerprint density at radius 2 is 1.79 bits per heavy atom. The highest BCUT2D eigenvalue weighted by Gasteiger charge is 2.23. The minimum Gasteiger partial charge on any atom is -0.408 e. The first-order valence-corrected chi connectivity index (χ1v) is 9.76. The summed E-state index contributed by atoms with van der Waals surface area (Å²) in [5.41, 5.74) is 1.00. The predicted molar refractivity (Wildman–Crippen MR) is 103 cm³/mol. The van der Waals surface area contributed by atoms with Crippen molar-refractivity contribution in [3.8, 4) is 5.69 Å². The summed E-state index contributed by atoms with van der Waals surface area (Å²) < 4.78 is 35.9. The zero-order valence-corrected chi connectivity index (χ0v) is 15.8. The molecule has 0 fully saturated rings. The molecule has 0 radical (unpaired) electrons. The molecule has 0 spiro atoms. The standard InChI is InChI=1S/C18H16N4O5S/c1-11-16(17(23)22(21(11)2)12-6-4-3-5-7-12)20-28(25,26)13-8-9-14-15(10-13)27-18(24)19-14/h3-10,20H,1-2H3,(H,19,24). The summed E-state index contributed by atoms with van der Waals surface area (Å²) in [6.45, 7) is 1.65. The molecular formula is C18H16N4O5S. The first-order chi connectivity index (χ1) is 13.3. The normalized spacial score (nSPS) is 11.8. The van der Waals surface area contributed by atoms with Crippen LogP contribution >= 0.6 is 0 Å². The summed E-state index contributed by atoms with van der Waals surface area (Å²) in [4.78, 5) is 26.5. The van der Waals surface area contributed by atoms with Gasteiger partial charge in [0.2, 0.25) is 0 Å². The molecule has 28 heavy (non-hydrogen) atoms. The molecule has 4 rings (SSSR count). The van der Waals surface area contributed by atoms with Crippen LogP contribution in [0.15, 0.2) is 67.4 Å². The molecule has 2 aromatic carbocycles. The third-order valence-electron chi connectivity index (χ3n) is 4.49. The first-order valence-electron chi connectivity index (χ1n) is 8.27. The molecule has 9 nitrogen and oxygen atoms in total. The van der Waals surface area contributed by atoms with Crippen molar-refractivity contribution in [2.75, 3.05) is 4.72 Å². The van der Waals surface area contributed by atoms with Crippen LogP contribution in [-0.2, 0) is 17.1 Å². The van der Waals surface area contributed by atoms with Gasteiger partial charge in [-0.25, -0.2) is 17.9 Å². The monoisotopic (exact) mass is 400 g/mol. The number of nitrogens with zero attached hydrogens (tertiary/aromatic N) is 2. The zero-order chi connectivity index (χ0) is 20.1. The van der Waals surface area contributed by atoms with E-state index in [-0.39, 0.29) is 16.2 Å². The summed E-state index contributed by atoms with van der Waals surface area (Å²) >= 11 is 0. The van der Waals surface area contributed by atoms with Crippen molar-refractivity contribution < 1.29 is 12.8 Å². The number of rotatable bonds is 4. The highest BCUT2D eigenvalue weighted by Crippen LogP contribution is 2.21. The Morgan fingerprint density at radius 3 is 2.50 bits per heavy atom. The van der Waals surface area contributed by atoms with Crippen LogP contribution in [0.1, 0.15) is 5.69 Å². The highest BCUT2D eigenvalue weighted by atomic mass is 32.2. The number of nitrogens with one attached hydrogen (secondary N) is 2. The maximum atomic E-state index is 12.9. The molecule has 0 atom stereocenters. The zero-order valence-electron chi connectivity index (χ0n) is 15.0. The van der Waals surface area contributed by atoms with Gasteiger partial charge in [-0.1, -0.05) is 18.2 Å². The lowest BCUT2D eigenvalue weighted by molar-refractivity contribution is 0.554. The Hall–Kier alpha value is -3.53. The van der Waals surface area contributed by atoms with Crippen LogP contribution in [0.2, 0.25) is 0 Å². The van der Waals surface area contributed by atoms with Crippen LogP contribution in [0, 0.1) is 6.92 Å². The maximum absolute atomic E-state index is 12.9. The second kappa shape index (κ2) is 6.27. The number of fused-ring (bicyclic) bond motifs is 1. The Balaban J connectivity index is 1.79. The van der Waals surface area contributed by atoms with Gasteiger partial charge in [0, 0.05) is 13.1 Å². The predicted octanol–water partition coefficient (Wildman–Crippen LogP) is 1.72. The van der Waals surface area contributed by atoms with Gasteiger partial charge in [-0.05, 0) is 31.2 Å². The molecule has 2 N–H and O–H groups in total. The summed E-state index contributed by atoms with van der Waals surface area (Å²) in [5.74, 6) is -0.679. The van der Waals surface area contributed by atoms with Gasteiger partial charge in [0.05, 0.1) is 21.8 Å². The molecule has 144 valence electrons. The van der Waals surface area contributed by atoms with E-state index in [2.05, 4.69) is 9.71 Å². The van der Waals surface area contributed by atoms with E-state index in [9.17, 15) is 18.0 Å². The van der Waals surface area contributed by atoms with Crippen molar-refractivity contribution in [2.45, 2.75) is 11.8 Å². The number of para-hydroxylation sites is 1. The van der Waals surface area contributed by atoms with Gasteiger partial charge in [0.25, 0.3) is 15.6 Å². The Morgan fingerprint density at radius 1 is 1.07 bits per heavy atom. The average Bonchev–Trinajstić information content (AvgIpc) is 3.13. The van der Waals surface area contributed by atoms with Gasteiger partial charge in [-0.2, -0.15) is 0 Å². The van der Waals surface area contributed by atoms with Crippen molar-refractivity contribution in [1.82, 2.24) is 14.3 Å². The fraction of sp³-hybridized carbons (Fsp3) is 0.111. The second-order valence-electron chi connectivity index (χ2n) is 6.21. The van der Waals surface area contributed by atoms with E-state index in [1.54, 1.807) is 42.9 Å². The topological polar surface area (TPSA) is 119 Å². The number of benzene rings is 2. The molecule has 0 amide bonds. The van der Waals surface area contributed by atoms with Gasteiger partial charge in [-0.15, -0.1) is 0 Å². The van der Waals surface area contributed by atoms with Crippen LogP contribution < -0.4 is 16.0 Å². The Labute approximate surface area is 158 Å². The summed E-state index contributed by atoms with van der Waals surface area (Å²) in [6, 6.07) is 12.9. The summed E-state index contributed by atoms with van der Waals surface area (Å²) in [5, 5.41) is 0. The van der Waals surface area contributed by atoms with E-state index in [0.29, 0.717) is 16.9 Å². The molecule has 0 bridgehead atoms. The molecule has 0 saturated carbocycles. The Bertz CT molecular complexity index is 1410. The molecule has 2 heterocycles. The number of aromatic amines is 1. The van der Waals surface area contributed by atoms with E-state index in [0.717, 1.165) is 0 Å². The fourth-order valence-electron chi connectivity index (χ4n) is 2.97. The van der Waals surface area contributed by atoms with E-state index in [1.807, 2.05) is 6.07 Å². The number of hydrogen-bond donors (Lipinski definition) is 2. The fourth-order valence-corrected chi connectivity index (χ4v) is 4.10. The molecule has 0 saturated heterocycles. The summed E-state index contributed by atoms with van der Waals surface area (Å²) in [6.07, 6.45) is 0. The van der Waals surface area contributed by atoms with Crippen molar-refractivity contribution in [3.63, 3.8) is 0 Å². The van der Waals surface area contributed by atoms with Crippen LogP contribution in [0.3, 0.4) is 0 Å². The minimum atomic E-state index is -4.08.